The number of hydrogen-bond acceptors (Lipinski definition) is 7. The van der Waals surface area contributed by atoms with Crippen LogP contribution in [0.15, 0.2) is 18.2 Å². The van der Waals surface area contributed by atoms with E-state index in [1.165, 1.54) is 18.2 Å². The molecule has 0 atom stereocenters. The fourth-order valence-corrected chi connectivity index (χ4v) is 4.61. The highest BCUT2D eigenvalue weighted by molar-refractivity contribution is 6.31. The minimum atomic E-state index is -5.08. The van der Waals surface area contributed by atoms with E-state index in [0.29, 0.717) is 56.3 Å². The van der Waals surface area contributed by atoms with Crippen molar-refractivity contribution in [2.45, 2.75) is 58.8 Å². The third-order valence-corrected chi connectivity index (χ3v) is 6.70. The summed E-state index contributed by atoms with van der Waals surface area (Å²) in [5.41, 5.74) is 1.80. The first kappa shape index (κ1) is 31.1. The maximum Gasteiger partial charge on any atom is 0.490 e. The summed E-state index contributed by atoms with van der Waals surface area (Å²) >= 11 is 5.98. The Labute approximate surface area is 233 Å². The van der Waals surface area contributed by atoms with Gasteiger partial charge in [-0.2, -0.15) is 13.2 Å². The first-order valence-electron chi connectivity index (χ1n) is 12.6. The molecule has 4 rings (SSSR count). The van der Waals surface area contributed by atoms with Gasteiger partial charge in [-0.3, -0.25) is 9.59 Å². The number of aromatic nitrogens is 2. The van der Waals surface area contributed by atoms with E-state index in [4.69, 9.17) is 31.5 Å². The number of Topliss-reactive ketones (excluding diaryl/α,β-unsaturated/α-hetero) is 1. The molecule has 1 saturated heterocycles. The number of piperidine rings is 1. The van der Waals surface area contributed by atoms with E-state index in [0.717, 1.165) is 17.2 Å². The first-order valence-corrected chi connectivity index (χ1v) is 13.0. The molecule has 2 aliphatic heterocycles. The molecule has 0 bridgehead atoms. The van der Waals surface area contributed by atoms with Crippen molar-refractivity contribution < 1.29 is 37.1 Å². The van der Waals surface area contributed by atoms with Gasteiger partial charge in [-0.05, 0) is 44.9 Å². The average molecular weight is 588 g/mol. The van der Waals surface area contributed by atoms with Crippen molar-refractivity contribution in [2.75, 3.05) is 29.9 Å². The minimum absolute atomic E-state index is 0.0350. The van der Waals surface area contributed by atoms with E-state index in [9.17, 15) is 27.2 Å². The molecule has 0 saturated carbocycles. The molecule has 218 valence electrons. The first-order chi connectivity index (χ1) is 18.7. The number of hydrogen-bond donors (Lipinski definition) is 2. The van der Waals surface area contributed by atoms with E-state index in [-0.39, 0.29) is 29.2 Å². The second-order valence-electron chi connectivity index (χ2n) is 9.83. The molecule has 0 radical (unpaired) electrons. The predicted octanol–water partition coefficient (Wildman–Crippen LogP) is 4.73. The molecule has 1 aromatic carbocycles. The highest BCUT2D eigenvalue weighted by atomic mass is 35.5. The van der Waals surface area contributed by atoms with Crippen LogP contribution in [0.5, 0.6) is 0 Å². The van der Waals surface area contributed by atoms with Crippen molar-refractivity contribution in [3.05, 3.63) is 46.0 Å². The number of amides is 1. The third-order valence-electron chi connectivity index (χ3n) is 6.46. The molecular weight excluding hydrogens is 558 g/mol. The normalized spacial score (nSPS) is 15.7. The van der Waals surface area contributed by atoms with Crippen molar-refractivity contribution >= 4 is 40.9 Å². The molecule has 9 nitrogen and oxygen atoms in total. The Hall–Kier alpha value is -3.48. The van der Waals surface area contributed by atoms with Crippen LogP contribution in [0.1, 0.15) is 55.4 Å². The van der Waals surface area contributed by atoms with Gasteiger partial charge in [0.15, 0.2) is 17.4 Å². The van der Waals surface area contributed by atoms with Crippen LogP contribution in [0, 0.1) is 11.7 Å². The predicted molar refractivity (Wildman–Crippen MR) is 140 cm³/mol. The van der Waals surface area contributed by atoms with Crippen molar-refractivity contribution in [2.24, 2.45) is 5.92 Å². The quantitative estimate of drug-likeness (QED) is 0.381. The lowest BCUT2D eigenvalue weighted by Crippen LogP contribution is -2.39. The number of aliphatic carboxylic acids is 1. The second kappa shape index (κ2) is 12.8. The van der Waals surface area contributed by atoms with Crippen LogP contribution >= 0.6 is 11.6 Å². The summed E-state index contributed by atoms with van der Waals surface area (Å²) in [7, 11) is 0. The van der Waals surface area contributed by atoms with Crippen LogP contribution in [0.4, 0.5) is 29.2 Å². The summed E-state index contributed by atoms with van der Waals surface area (Å²) < 4.78 is 45.9. The number of anilines is 2. The van der Waals surface area contributed by atoms with Crippen molar-refractivity contribution in [3.63, 3.8) is 0 Å². The summed E-state index contributed by atoms with van der Waals surface area (Å²) in [5.74, 6) is -2.24. The monoisotopic (exact) mass is 587 g/mol. The number of carbonyl (C=O) groups excluding carboxylic acids is 2. The molecule has 3 heterocycles. The Bertz CT molecular complexity index is 1270. The van der Waals surface area contributed by atoms with E-state index in [1.54, 1.807) is 11.8 Å². The summed E-state index contributed by atoms with van der Waals surface area (Å²) in [6.45, 7) is 7.99. The number of ketones is 1. The standard InChI is InChI=1S/C24H29ClFN5O2.C2HF3O2/c1-14(2)27-23-24(29-20-8-11-31(15(3)32)13-21(20)28-23)30-9-6-16(7-10-30)22(33)18-12-17(25)4-5-19(18)26;3-2(4,5)1(6)7/h4-5,12,14,16H,6-11,13H2,1-3H3,(H,27,28);(H,6,7). The van der Waals surface area contributed by atoms with Crippen molar-refractivity contribution in [1.29, 1.82) is 0 Å². The van der Waals surface area contributed by atoms with Gasteiger partial charge < -0.3 is 20.2 Å². The zero-order chi connectivity index (χ0) is 29.8. The SMILES string of the molecule is CC(=O)N1CCc2nc(N3CCC(C(=O)c4cc(Cl)ccc4F)CC3)c(NC(C)C)nc2C1.O=C(O)C(F)(F)F. The van der Waals surface area contributed by atoms with Crippen LogP contribution in [-0.2, 0) is 22.6 Å². The van der Waals surface area contributed by atoms with Crippen molar-refractivity contribution in [1.82, 2.24) is 14.9 Å². The van der Waals surface area contributed by atoms with Gasteiger partial charge >= 0.3 is 12.1 Å². The second-order valence-corrected chi connectivity index (χ2v) is 10.3. The summed E-state index contributed by atoms with van der Waals surface area (Å²) in [5, 5.41) is 10.9. The van der Waals surface area contributed by atoms with Gasteiger partial charge in [0.1, 0.15) is 5.82 Å². The van der Waals surface area contributed by atoms with E-state index in [2.05, 4.69) is 10.2 Å². The Balaban J connectivity index is 0.000000559. The zero-order valence-corrected chi connectivity index (χ0v) is 22.9. The Morgan fingerprint density at radius 3 is 2.27 bits per heavy atom. The fraction of sp³-hybridized carbons (Fsp3) is 0.500. The number of rotatable bonds is 5. The smallest absolute Gasteiger partial charge is 0.475 e. The number of alkyl halides is 3. The number of carboxylic acids is 1. The van der Waals surface area contributed by atoms with Gasteiger partial charge in [-0.1, -0.05) is 11.6 Å². The van der Waals surface area contributed by atoms with Crippen LogP contribution < -0.4 is 10.2 Å². The molecule has 2 aliphatic rings. The number of benzene rings is 1. The van der Waals surface area contributed by atoms with Crippen LogP contribution in [-0.4, -0.2) is 69.5 Å². The lowest BCUT2D eigenvalue weighted by Gasteiger charge is -2.35. The van der Waals surface area contributed by atoms with Crippen LogP contribution in [0.3, 0.4) is 0 Å². The Morgan fingerprint density at radius 2 is 1.73 bits per heavy atom. The lowest BCUT2D eigenvalue weighted by atomic mass is 9.88. The number of nitrogens with one attached hydrogen (secondary N) is 1. The molecule has 0 aliphatic carbocycles. The van der Waals surface area contributed by atoms with E-state index < -0.39 is 18.0 Å². The Morgan fingerprint density at radius 1 is 1.10 bits per heavy atom. The number of carboxylic acid groups (broad SMARTS) is 1. The van der Waals surface area contributed by atoms with E-state index in [1.807, 2.05) is 13.8 Å². The van der Waals surface area contributed by atoms with Crippen LogP contribution in [0.2, 0.25) is 5.02 Å². The average Bonchev–Trinajstić information content (AvgIpc) is 2.88. The van der Waals surface area contributed by atoms with Gasteiger partial charge in [0, 0.05) is 50.0 Å². The molecule has 2 N–H and O–H groups in total. The topological polar surface area (TPSA) is 116 Å². The number of nitrogens with zero attached hydrogens (tertiary/aromatic N) is 4. The highest BCUT2D eigenvalue weighted by Gasteiger charge is 2.38. The van der Waals surface area contributed by atoms with Gasteiger partial charge in [0.25, 0.3) is 0 Å². The molecule has 0 unspecified atom stereocenters. The minimum Gasteiger partial charge on any atom is -0.475 e. The third kappa shape index (κ3) is 7.80. The largest absolute Gasteiger partial charge is 0.490 e. The molecule has 1 aromatic heterocycles. The van der Waals surface area contributed by atoms with Gasteiger partial charge in [-0.25, -0.2) is 19.2 Å². The number of halogens is 5. The van der Waals surface area contributed by atoms with Gasteiger partial charge in [0.2, 0.25) is 5.91 Å². The highest BCUT2D eigenvalue weighted by Crippen LogP contribution is 2.32. The molecular formula is C26H30ClF4N5O4. The zero-order valence-electron chi connectivity index (χ0n) is 22.2. The molecule has 1 fully saturated rings. The number of carbonyl (C=O) groups is 3. The maximum atomic E-state index is 14.2. The summed E-state index contributed by atoms with van der Waals surface area (Å²) in [6.07, 6.45) is -3.22. The van der Waals surface area contributed by atoms with Gasteiger partial charge in [0.05, 0.1) is 23.5 Å². The van der Waals surface area contributed by atoms with Crippen LogP contribution in [0.25, 0.3) is 0 Å². The lowest BCUT2D eigenvalue weighted by molar-refractivity contribution is -0.192. The summed E-state index contributed by atoms with van der Waals surface area (Å²) in [6, 6.07) is 4.26. The van der Waals surface area contributed by atoms with Crippen molar-refractivity contribution in [3.8, 4) is 0 Å². The number of fused-ring (bicyclic) bond motifs is 1. The molecule has 40 heavy (non-hydrogen) atoms. The fourth-order valence-electron chi connectivity index (χ4n) is 4.44. The maximum absolute atomic E-state index is 14.2. The van der Waals surface area contributed by atoms with Gasteiger partial charge in [-0.15, -0.1) is 0 Å². The summed E-state index contributed by atoms with van der Waals surface area (Å²) in [4.78, 5) is 47.3. The van der Waals surface area contributed by atoms with E-state index >= 15 is 0 Å². The Kier molecular flexibility index (Phi) is 9.93. The molecule has 2 aromatic rings. The molecule has 0 spiro atoms. The molecule has 14 heteroatoms. The molecule has 1 amide bonds.